The van der Waals surface area contributed by atoms with Gasteiger partial charge in [0.2, 0.25) is 5.95 Å². The van der Waals surface area contributed by atoms with Crippen LogP contribution < -0.4 is 26.1 Å². The van der Waals surface area contributed by atoms with E-state index in [1.165, 1.54) is 22.3 Å². The van der Waals surface area contributed by atoms with Crippen molar-refractivity contribution in [2.45, 2.75) is 34.1 Å². The van der Waals surface area contributed by atoms with Gasteiger partial charge in [-0.15, -0.1) is 0 Å². The van der Waals surface area contributed by atoms with E-state index in [9.17, 15) is 0 Å². The molecule has 3 aromatic rings. The number of benzene rings is 2. The summed E-state index contributed by atoms with van der Waals surface area (Å²) in [6, 6.07) is 12.9. The fraction of sp³-hybridized carbons (Fsp3) is 0.267. The molecule has 0 unspecified atom stereocenters. The molecule has 0 bridgehead atoms. The highest BCUT2D eigenvalue weighted by atomic mass is 15.3. The highest BCUT2D eigenvalue weighted by Gasteiger charge is 2.16. The molecule has 37 heavy (non-hydrogen) atoms. The number of anilines is 2. The van der Waals surface area contributed by atoms with Gasteiger partial charge in [0.15, 0.2) is 5.82 Å². The Hall–Kier alpha value is -4.26. The first-order valence-electron chi connectivity index (χ1n) is 12.5. The van der Waals surface area contributed by atoms with Crippen LogP contribution in [0.3, 0.4) is 0 Å². The lowest BCUT2D eigenvalue weighted by Gasteiger charge is -2.29. The van der Waals surface area contributed by atoms with Crippen molar-refractivity contribution >= 4 is 42.2 Å². The fourth-order valence-corrected chi connectivity index (χ4v) is 4.31. The predicted octanol–water partition coefficient (Wildman–Crippen LogP) is 4.01. The monoisotopic (exact) mass is 493 g/mol. The molecule has 1 fully saturated rings. The number of hydrogen-bond acceptors (Lipinski definition) is 7. The maximum Gasteiger partial charge on any atom is 0.226 e. The lowest BCUT2D eigenvalue weighted by Crippen LogP contribution is -2.44. The van der Waals surface area contributed by atoms with Crippen molar-refractivity contribution in [1.82, 2.24) is 15.3 Å². The van der Waals surface area contributed by atoms with Crippen LogP contribution in [0.15, 0.2) is 64.9 Å². The molecule has 2 N–H and O–H groups in total. The third-order valence-corrected chi connectivity index (χ3v) is 6.30. The number of nitrogens with zero attached hydrogens (tertiary/aromatic N) is 5. The second kappa shape index (κ2) is 11.6. The van der Waals surface area contributed by atoms with Crippen molar-refractivity contribution in [2.75, 3.05) is 29.9 Å². The summed E-state index contributed by atoms with van der Waals surface area (Å²) in [5.74, 6) is 1.28. The Bertz CT molecular complexity index is 1470. The predicted molar refractivity (Wildman–Crippen MR) is 156 cm³/mol. The van der Waals surface area contributed by atoms with E-state index in [2.05, 4.69) is 93.9 Å². The van der Waals surface area contributed by atoms with Gasteiger partial charge in [-0.05, 0) is 74.6 Å². The van der Waals surface area contributed by atoms with E-state index >= 15 is 0 Å². The van der Waals surface area contributed by atoms with Crippen molar-refractivity contribution in [2.24, 2.45) is 9.98 Å². The quantitative estimate of drug-likeness (QED) is 0.487. The Morgan fingerprint density at radius 2 is 1.95 bits per heavy atom. The molecular weight excluding hydrogens is 458 g/mol. The zero-order chi connectivity index (χ0) is 26.4. The standard InChI is InChI=1S/C30H35N7/c1-7-31-27-17-24(10-9-20(27)3)16-25-11-12-26(15-21(25)4)35-29(32-8-2)28-22(5)18-34-30(36-28)37-14-13-33-23(6)19-37/h7-12,15,17-18,33,35H,5-6,13-14,16,19H2,1-4H3/b29-28-,31-7?,32-8?. The van der Waals surface area contributed by atoms with Crippen molar-refractivity contribution < 1.29 is 0 Å². The zero-order valence-corrected chi connectivity index (χ0v) is 22.2. The van der Waals surface area contributed by atoms with Crippen LogP contribution >= 0.6 is 0 Å². The first-order chi connectivity index (χ1) is 17.9. The van der Waals surface area contributed by atoms with E-state index < -0.39 is 0 Å². The Balaban J connectivity index is 1.62. The topological polar surface area (TPSA) is 77.8 Å². The second-order valence-corrected chi connectivity index (χ2v) is 9.18. The molecular formula is C30H35N7. The molecule has 190 valence electrons. The molecule has 0 radical (unpaired) electrons. The van der Waals surface area contributed by atoms with Gasteiger partial charge in [-0.3, -0.25) is 4.99 Å². The first kappa shape index (κ1) is 25.8. The highest BCUT2D eigenvalue weighted by Crippen LogP contribution is 2.24. The molecule has 4 rings (SSSR count). The van der Waals surface area contributed by atoms with Gasteiger partial charge >= 0.3 is 0 Å². The molecule has 7 nitrogen and oxygen atoms in total. The normalized spacial score (nSPS) is 14.8. The summed E-state index contributed by atoms with van der Waals surface area (Å²) in [4.78, 5) is 20.5. The van der Waals surface area contributed by atoms with Crippen LogP contribution in [0.25, 0.3) is 12.4 Å². The number of aliphatic imine (C=N–C) groups is 2. The van der Waals surface area contributed by atoms with Crippen LogP contribution in [0.5, 0.6) is 0 Å². The van der Waals surface area contributed by atoms with Crippen molar-refractivity contribution in [3.63, 3.8) is 0 Å². The highest BCUT2D eigenvalue weighted by molar-refractivity contribution is 5.71. The van der Waals surface area contributed by atoms with E-state index in [0.29, 0.717) is 28.9 Å². The Labute approximate surface area is 219 Å². The molecule has 1 saturated heterocycles. The van der Waals surface area contributed by atoms with Gasteiger partial charge in [0.25, 0.3) is 0 Å². The summed E-state index contributed by atoms with van der Waals surface area (Å²) >= 11 is 0. The Morgan fingerprint density at radius 1 is 1.11 bits per heavy atom. The summed E-state index contributed by atoms with van der Waals surface area (Å²) in [7, 11) is 0. The summed E-state index contributed by atoms with van der Waals surface area (Å²) < 4.78 is 0. The average Bonchev–Trinajstić information content (AvgIpc) is 2.88. The van der Waals surface area contributed by atoms with Crippen molar-refractivity contribution in [3.8, 4) is 0 Å². The minimum absolute atomic E-state index is 0.637. The van der Waals surface area contributed by atoms with E-state index in [-0.39, 0.29) is 0 Å². The number of rotatable bonds is 7. The molecule has 1 aliphatic heterocycles. The van der Waals surface area contributed by atoms with E-state index in [1.807, 2.05) is 20.1 Å². The van der Waals surface area contributed by atoms with E-state index in [1.54, 1.807) is 12.4 Å². The van der Waals surface area contributed by atoms with E-state index in [4.69, 9.17) is 4.98 Å². The van der Waals surface area contributed by atoms with Crippen LogP contribution in [0.4, 0.5) is 17.3 Å². The van der Waals surface area contributed by atoms with Crippen molar-refractivity contribution in [1.29, 1.82) is 0 Å². The van der Waals surface area contributed by atoms with Crippen LogP contribution in [0, 0.1) is 13.8 Å². The molecule has 1 aliphatic rings. The maximum atomic E-state index is 4.83. The zero-order valence-electron chi connectivity index (χ0n) is 22.2. The van der Waals surface area contributed by atoms with Gasteiger partial charge in [0, 0.05) is 48.3 Å². The van der Waals surface area contributed by atoms with Crippen LogP contribution in [0.2, 0.25) is 0 Å². The van der Waals surface area contributed by atoms with Crippen molar-refractivity contribution in [3.05, 3.63) is 87.7 Å². The smallest absolute Gasteiger partial charge is 0.226 e. The maximum absolute atomic E-state index is 4.83. The largest absolute Gasteiger partial charge is 0.386 e. The lowest BCUT2D eigenvalue weighted by atomic mass is 9.98. The van der Waals surface area contributed by atoms with Gasteiger partial charge in [-0.25, -0.2) is 15.0 Å². The second-order valence-electron chi connectivity index (χ2n) is 9.18. The molecule has 0 amide bonds. The Morgan fingerprint density at radius 3 is 2.68 bits per heavy atom. The SMILES string of the molecule is C=C1CN(c2ncc(=C)/c(=C(\N=CC)Nc3ccc(Cc4ccc(C)c(N=CC)c4)c(C)c3)n2)CCN1. The number of aryl methyl sites for hydroxylation is 2. The van der Waals surface area contributed by atoms with Crippen LogP contribution in [-0.4, -0.2) is 42.0 Å². The summed E-state index contributed by atoms with van der Waals surface area (Å²) in [6.07, 6.45) is 6.19. The number of piperazine rings is 1. The molecule has 7 heteroatoms. The van der Waals surface area contributed by atoms with Gasteiger partial charge in [-0.1, -0.05) is 31.4 Å². The molecule has 0 saturated carbocycles. The third kappa shape index (κ3) is 6.30. The fourth-order valence-electron chi connectivity index (χ4n) is 4.31. The van der Waals surface area contributed by atoms with Gasteiger partial charge in [0.1, 0.15) is 5.35 Å². The minimum atomic E-state index is 0.637. The number of hydrogen-bond donors (Lipinski definition) is 2. The van der Waals surface area contributed by atoms with Gasteiger partial charge in [-0.2, -0.15) is 0 Å². The van der Waals surface area contributed by atoms with E-state index in [0.717, 1.165) is 36.6 Å². The third-order valence-electron chi connectivity index (χ3n) is 6.30. The van der Waals surface area contributed by atoms with Gasteiger partial charge in [0.05, 0.1) is 12.2 Å². The number of nitrogens with one attached hydrogen (secondary N) is 2. The molecule has 2 aromatic carbocycles. The number of aromatic nitrogens is 2. The van der Waals surface area contributed by atoms with Crippen LogP contribution in [0.1, 0.15) is 36.1 Å². The summed E-state index contributed by atoms with van der Waals surface area (Å²) in [5, 5.41) is 8.12. The summed E-state index contributed by atoms with van der Waals surface area (Å²) in [5.41, 5.74) is 7.80. The molecule has 1 aromatic heterocycles. The molecule has 0 atom stereocenters. The van der Waals surface area contributed by atoms with Crippen LogP contribution in [-0.2, 0) is 6.42 Å². The minimum Gasteiger partial charge on any atom is -0.386 e. The molecule has 2 heterocycles. The molecule has 0 spiro atoms. The average molecular weight is 494 g/mol. The lowest BCUT2D eigenvalue weighted by molar-refractivity contribution is 0.648. The Kier molecular flexibility index (Phi) is 8.13. The van der Waals surface area contributed by atoms with Gasteiger partial charge < -0.3 is 15.5 Å². The first-order valence-corrected chi connectivity index (χ1v) is 12.5. The molecule has 0 aliphatic carbocycles. The summed E-state index contributed by atoms with van der Waals surface area (Å²) in [6.45, 7) is 18.5.